The predicted octanol–water partition coefficient (Wildman–Crippen LogP) is 1.32. The number of aliphatic hydroxyl groups excluding tert-OH is 1. The van der Waals surface area contributed by atoms with E-state index < -0.39 is 6.10 Å². The number of aromatic nitrogens is 3. The topological polar surface area (TPSA) is 72.2 Å². The second-order valence-electron chi connectivity index (χ2n) is 6.28. The van der Waals surface area contributed by atoms with Crippen LogP contribution in [0, 0.1) is 0 Å². The molecule has 0 saturated carbocycles. The lowest BCUT2D eigenvalue weighted by molar-refractivity contribution is 0.0269. The van der Waals surface area contributed by atoms with Gasteiger partial charge in [0.15, 0.2) is 5.82 Å². The molecule has 24 heavy (non-hydrogen) atoms. The molecule has 0 fully saturated rings. The van der Waals surface area contributed by atoms with E-state index in [9.17, 15) is 5.11 Å². The molecule has 0 saturated heterocycles. The van der Waals surface area contributed by atoms with E-state index in [4.69, 9.17) is 4.74 Å². The van der Waals surface area contributed by atoms with E-state index in [1.54, 1.807) is 0 Å². The SMILES string of the molecule is CCc1nc2n(n1)C[C@H](NC[C@@H](O)COCc1ccccc1)CC2. The van der Waals surface area contributed by atoms with Crippen molar-refractivity contribution in [3.05, 3.63) is 47.5 Å². The number of ether oxygens (including phenoxy) is 1. The van der Waals surface area contributed by atoms with E-state index in [2.05, 4.69) is 22.3 Å². The van der Waals surface area contributed by atoms with Crippen LogP contribution in [-0.4, -0.2) is 45.2 Å². The monoisotopic (exact) mass is 330 g/mol. The van der Waals surface area contributed by atoms with Crippen molar-refractivity contribution in [2.24, 2.45) is 0 Å². The second-order valence-corrected chi connectivity index (χ2v) is 6.28. The van der Waals surface area contributed by atoms with Crippen molar-refractivity contribution in [1.29, 1.82) is 0 Å². The number of aliphatic hydroxyl groups is 1. The summed E-state index contributed by atoms with van der Waals surface area (Å²) in [5, 5.41) is 18.0. The van der Waals surface area contributed by atoms with Crippen LogP contribution in [0.15, 0.2) is 30.3 Å². The van der Waals surface area contributed by atoms with Crippen LogP contribution < -0.4 is 5.32 Å². The Hall–Kier alpha value is -1.76. The van der Waals surface area contributed by atoms with E-state index in [1.807, 2.05) is 35.0 Å². The van der Waals surface area contributed by atoms with Gasteiger partial charge in [0, 0.05) is 25.4 Å². The third-order valence-corrected chi connectivity index (χ3v) is 4.28. The number of benzene rings is 1. The van der Waals surface area contributed by atoms with Crippen molar-refractivity contribution >= 4 is 0 Å². The Labute approximate surface area is 142 Å². The van der Waals surface area contributed by atoms with E-state index in [1.165, 1.54) is 0 Å². The maximum Gasteiger partial charge on any atom is 0.150 e. The Balaban J connectivity index is 1.36. The summed E-state index contributed by atoms with van der Waals surface area (Å²) >= 11 is 0. The summed E-state index contributed by atoms with van der Waals surface area (Å²) in [7, 11) is 0. The molecular weight excluding hydrogens is 304 g/mol. The Kier molecular flexibility index (Phi) is 5.96. The highest BCUT2D eigenvalue weighted by molar-refractivity contribution is 5.13. The molecule has 1 aromatic heterocycles. The molecule has 2 atom stereocenters. The van der Waals surface area contributed by atoms with Crippen LogP contribution in [0.25, 0.3) is 0 Å². The van der Waals surface area contributed by atoms with Crippen molar-refractivity contribution in [2.75, 3.05) is 13.2 Å². The van der Waals surface area contributed by atoms with Crippen LogP contribution in [0.5, 0.6) is 0 Å². The number of hydrogen-bond donors (Lipinski definition) is 2. The lowest BCUT2D eigenvalue weighted by atomic mass is 10.1. The third-order valence-electron chi connectivity index (χ3n) is 4.28. The molecule has 0 bridgehead atoms. The molecule has 6 nitrogen and oxygen atoms in total. The first-order valence-electron chi connectivity index (χ1n) is 8.70. The Morgan fingerprint density at radius 3 is 3.00 bits per heavy atom. The van der Waals surface area contributed by atoms with E-state index in [0.29, 0.717) is 25.8 Å². The number of nitrogens with one attached hydrogen (secondary N) is 1. The van der Waals surface area contributed by atoms with Crippen molar-refractivity contribution in [3.63, 3.8) is 0 Å². The molecule has 1 aliphatic heterocycles. The summed E-state index contributed by atoms with van der Waals surface area (Å²) in [6.07, 6.45) is 2.33. The van der Waals surface area contributed by atoms with Crippen molar-refractivity contribution in [1.82, 2.24) is 20.1 Å². The van der Waals surface area contributed by atoms with Gasteiger partial charge in [-0.05, 0) is 12.0 Å². The maximum absolute atomic E-state index is 10.1. The molecule has 0 aliphatic carbocycles. The van der Waals surface area contributed by atoms with Gasteiger partial charge in [-0.3, -0.25) is 0 Å². The molecule has 2 heterocycles. The molecule has 0 spiro atoms. The van der Waals surface area contributed by atoms with Gasteiger partial charge in [-0.15, -0.1) is 0 Å². The van der Waals surface area contributed by atoms with Gasteiger partial charge in [0.05, 0.1) is 25.9 Å². The fourth-order valence-electron chi connectivity index (χ4n) is 2.93. The normalized spacial score (nSPS) is 18.3. The molecule has 2 N–H and O–H groups in total. The predicted molar refractivity (Wildman–Crippen MR) is 91.6 cm³/mol. The zero-order valence-corrected chi connectivity index (χ0v) is 14.2. The van der Waals surface area contributed by atoms with Crippen molar-refractivity contribution < 1.29 is 9.84 Å². The first kappa shape index (κ1) is 17.1. The smallest absolute Gasteiger partial charge is 0.150 e. The van der Waals surface area contributed by atoms with Gasteiger partial charge in [0.25, 0.3) is 0 Å². The lowest BCUT2D eigenvalue weighted by Crippen LogP contribution is -2.42. The van der Waals surface area contributed by atoms with Crippen LogP contribution in [-0.2, 0) is 30.7 Å². The third kappa shape index (κ3) is 4.63. The van der Waals surface area contributed by atoms with Crippen molar-refractivity contribution in [3.8, 4) is 0 Å². The second kappa shape index (κ2) is 8.37. The van der Waals surface area contributed by atoms with Gasteiger partial charge in [0.2, 0.25) is 0 Å². The summed E-state index contributed by atoms with van der Waals surface area (Å²) in [5.74, 6) is 2.00. The minimum atomic E-state index is -0.503. The number of aryl methyl sites for hydroxylation is 2. The van der Waals surface area contributed by atoms with E-state index >= 15 is 0 Å². The minimum Gasteiger partial charge on any atom is -0.389 e. The largest absolute Gasteiger partial charge is 0.389 e. The van der Waals surface area contributed by atoms with Gasteiger partial charge in [-0.2, -0.15) is 5.10 Å². The molecule has 6 heteroatoms. The highest BCUT2D eigenvalue weighted by Gasteiger charge is 2.21. The molecule has 130 valence electrons. The minimum absolute atomic E-state index is 0.327. The van der Waals surface area contributed by atoms with E-state index in [-0.39, 0.29) is 0 Å². The molecule has 1 aliphatic rings. The average Bonchev–Trinajstić information content (AvgIpc) is 3.03. The van der Waals surface area contributed by atoms with Crippen LogP contribution in [0.3, 0.4) is 0 Å². The fourth-order valence-corrected chi connectivity index (χ4v) is 2.93. The first-order valence-corrected chi connectivity index (χ1v) is 8.70. The number of nitrogens with zero attached hydrogens (tertiary/aromatic N) is 3. The van der Waals surface area contributed by atoms with Crippen molar-refractivity contribution in [2.45, 2.75) is 51.5 Å². The Morgan fingerprint density at radius 2 is 2.21 bits per heavy atom. The molecule has 3 rings (SSSR count). The average molecular weight is 330 g/mol. The standard InChI is InChI=1S/C18H26N4O2/c1-2-17-20-18-9-8-15(11-22(18)21-17)19-10-16(23)13-24-12-14-6-4-3-5-7-14/h3-7,15-16,19,23H,2,8-13H2,1H3/t15-,16-/m1/s1. The first-order chi connectivity index (χ1) is 11.7. The molecule has 1 aromatic carbocycles. The number of hydrogen-bond acceptors (Lipinski definition) is 5. The van der Waals surface area contributed by atoms with Gasteiger partial charge in [-0.1, -0.05) is 37.3 Å². The van der Waals surface area contributed by atoms with Gasteiger partial charge >= 0.3 is 0 Å². The number of rotatable bonds is 8. The van der Waals surface area contributed by atoms with Crippen LogP contribution in [0.2, 0.25) is 0 Å². The highest BCUT2D eigenvalue weighted by Crippen LogP contribution is 2.13. The quantitative estimate of drug-likeness (QED) is 0.764. The Bertz CT molecular complexity index is 629. The zero-order chi connectivity index (χ0) is 16.8. The lowest BCUT2D eigenvalue weighted by Gasteiger charge is -2.24. The number of fused-ring (bicyclic) bond motifs is 1. The van der Waals surface area contributed by atoms with Crippen LogP contribution in [0.4, 0.5) is 0 Å². The maximum atomic E-state index is 10.1. The summed E-state index contributed by atoms with van der Waals surface area (Å²) in [5.41, 5.74) is 1.12. The summed E-state index contributed by atoms with van der Waals surface area (Å²) < 4.78 is 7.58. The van der Waals surface area contributed by atoms with Crippen LogP contribution >= 0.6 is 0 Å². The molecule has 0 unspecified atom stereocenters. The van der Waals surface area contributed by atoms with Crippen LogP contribution in [0.1, 0.15) is 30.6 Å². The van der Waals surface area contributed by atoms with Gasteiger partial charge in [-0.25, -0.2) is 9.67 Å². The summed E-state index contributed by atoms with van der Waals surface area (Å²) in [6.45, 7) is 4.29. The van der Waals surface area contributed by atoms with Gasteiger partial charge in [0.1, 0.15) is 5.82 Å². The zero-order valence-electron chi connectivity index (χ0n) is 14.2. The summed E-state index contributed by atoms with van der Waals surface area (Å²) in [6, 6.07) is 10.3. The van der Waals surface area contributed by atoms with Gasteiger partial charge < -0.3 is 15.2 Å². The Morgan fingerprint density at radius 1 is 1.38 bits per heavy atom. The fraction of sp³-hybridized carbons (Fsp3) is 0.556. The molecule has 0 radical (unpaired) electrons. The molecule has 0 amide bonds. The summed E-state index contributed by atoms with van der Waals surface area (Å²) in [4.78, 5) is 4.52. The highest BCUT2D eigenvalue weighted by atomic mass is 16.5. The van der Waals surface area contributed by atoms with E-state index in [0.717, 1.165) is 43.0 Å². The molecular formula is C18H26N4O2. The molecule has 2 aromatic rings.